The Hall–Kier alpha value is -2.39. The van der Waals surface area contributed by atoms with Gasteiger partial charge in [0.25, 0.3) is 0 Å². The Morgan fingerprint density at radius 1 is 1.12 bits per heavy atom. The first-order valence-electron chi connectivity index (χ1n) is 7.26. The highest BCUT2D eigenvalue weighted by Gasteiger charge is 2.25. The summed E-state index contributed by atoms with van der Waals surface area (Å²) in [6.45, 7) is -3.21. The van der Waals surface area contributed by atoms with E-state index in [0.29, 0.717) is 10.1 Å². The molecule has 1 heterocycles. The molecule has 0 radical (unpaired) electrons. The Bertz CT molecular complexity index is 1000. The van der Waals surface area contributed by atoms with Crippen LogP contribution in [0.1, 0.15) is 12.4 Å². The van der Waals surface area contributed by atoms with Crippen LogP contribution in [0.25, 0.3) is 11.0 Å². The average molecular weight is 369 g/mol. The van der Waals surface area contributed by atoms with Crippen LogP contribution < -0.4 is 0 Å². The third-order valence-corrected chi connectivity index (χ3v) is 5.57. The Morgan fingerprint density at radius 3 is 2.40 bits per heavy atom. The molecule has 2 aromatic carbocycles. The fourth-order valence-electron chi connectivity index (χ4n) is 2.49. The van der Waals surface area contributed by atoms with Crippen molar-refractivity contribution in [2.45, 2.75) is 18.0 Å². The molecule has 0 unspecified atom stereocenters. The molecule has 0 bridgehead atoms. The third kappa shape index (κ3) is 3.24. The van der Waals surface area contributed by atoms with E-state index in [-0.39, 0.29) is 22.8 Å². The first-order valence-corrected chi connectivity index (χ1v) is 8.70. The zero-order valence-corrected chi connectivity index (χ0v) is 13.9. The number of sulfonamides is 1. The molecule has 0 N–H and O–H groups in total. The largest absolute Gasteiger partial charge is 0.320 e. The first kappa shape index (κ1) is 17.4. The normalized spacial score (nSPS) is 12.4. The maximum Gasteiger partial charge on any atom is 0.320 e. The van der Waals surface area contributed by atoms with E-state index in [2.05, 4.69) is 4.98 Å². The Kier molecular flexibility index (Phi) is 4.53. The van der Waals surface area contributed by atoms with Gasteiger partial charge in [0, 0.05) is 7.05 Å². The van der Waals surface area contributed by atoms with Gasteiger partial charge in [0.2, 0.25) is 10.0 Å². The molecule has 0 saturated heterocycles. The molecule has 0 amide bonds. The van der Waals surface area contributed by atoms with Gasteiger partial charge < -0.3 is 0 Å². The lowest BCUT2D eigenvalue weighted by Crippen LogP contribution is -2.28. The predicted molar refractivity (Wildman–Crippen MR) is 86.0 cm³/mol. The second-order valence-corrected chi connectivity index (χ2v) is 7.42. The standard InChI is InChI=1S/C16H14F3N3O2S/c1-21(25(23,24)12-8-6-11(17)7-9-12)10-15-20-13-4-2-3-5-14(13)22(15)16(18)19/h2-9,16H,10H2,1H3. The molecule has 0 atom stereocenters. The lowest BCUT2D eigenvalue weighted by atomic mass is 10.3. The van der Waals surface area contributed by atoms with Crippen LogP contribution in [0.2, 0.25) is 0 Å². The quantitative estimate of drug-likeness (QED) is 0.693. The van der Waals surface area contributed by atoms with Crippen molar-refractivity contribution in [1.82, 2.24) is 13.9 Å². The SMILES string of the molecule is CN(Cc1nc2ccccc2n1C(F)F)S(=O)(=O)c1ccc(F)cc1. The molecule has 0 aliphatic carbocycles. The minimum atomic E-state index is -3.97. The summed E-state index contributed by atoms with van der Waals surface area (Å²) in [5.74, 6) is -0.648. The number of aromatic nitrogens is 2. The number of alkyl halides is 2. The van der Waals surface area contributed by atoms with Crippen molar-refractivity contribution < 1.29 is 21.6 Å². The number of nitrogens with zero attached hydrogens (tertiary/aromatic N) is 3. The monoisotopic (exact) mass is 369 g/mol. The van der Waals surface area contributed by atoms with Crippen LogP contribution in [0.4, 0.5) is 13.2 Å². The number of hydrogen-bond donors (Lipinski definition) is 0. The third-order valence-electron chi connectivity index (χ3n) is 3.75. The highest BCUT2D eigenvalue weighted by molar-refractivity contribution is 7.89. The van der Waals surface area contributed by atoms with Gasteiger partial charge in [-0.25, -0.2) is 17.8 Å². The van der Waals surface area contributed by atoms with Gasteiger partial charge in [-0.15, -0.1) is 0 Å². The van der Waals surface area contributed by atoms with Gasteiger partial charge in [-0.1, -0.05) is 12.1 Å². The minimum absolute atomic E-state index is 0.0793. The first-order chi connectivity index (χ1) is 11.8. The number of rotatable bonds is 5. The minimum Gasteiger partial charge on any atom is -0.269 e. The van der Waals surface area contributed by atoms with E-state index < -0.39 is 22.4 Å². The molecule has 5 nitrogen and oxygen atoms in total. The Balaban J connectivity index is 1.98. The lowest BCUT2D eigenvalue weighted by Gasteiger charge is -2.17. The van der Waals surface area contributed by atoms with Crippen LogP contribution in [0.3, 0.4) is 0 Å². The van der Waals surface area contributed by atoms with E-state index in [1.165, 1.54) is 13.1 Å². The van der Waals surface area contributed by atoms with Crippen LogP contribution in [0, 0.1) is 5.82 Å². The summed E-state index contributed by atoms with van der Waals surface area (Å²) in [6.07, 6.45) is 0. The molecule has 25 heavy (non-hydrogen) atoms. The van der Waals surface area contributed by atoms with Gasteiger partial charge in [-0.05, 0) is 36.4 Å². The van der Waals surface area contributed by atoms with Crippen LogP contribution in [-0.4, -0.2) is 29.3 Å². The van der Waals surface area contributed by atoms with Gasteiger partial charge >= 0.3 is 6.55 Å². The summed E-state index contributed by atoms with van der Waals surface area (Å²) in [5, 5.41) is 0. The average Bonchev–Trinajstić information content (AvgIpc) is 2.93. The maximum atomic E-state index is 13.4. The fraction of sp³-hybridized carbons (Fsp3) is 0.188. The van der Waals surface area contributed by atoms with Crippen molar-refractivity contribution in [3.63, 3.8) is 0 Å². The van der Waals surface area contributed by atoms with Gasteiger partial charge in [0.1, 0.15) is 11.6 Å². The van der Waals surface area contributed by atoms with E-state index in [0.717, 1.165) is 28.6 Å². The fourth-order valence-corrected chi connectivity index (χ4v) is 3.62. The molecule has 0 saturated carbocycles. The summed E-state index contributed by atoms with van der Waals surface area (Å²) < 4.78 is 66.5. The van der Waals surface area contributed by atoms with E-state index in [1.54, 1.807) is 18.2 Å². The molecular weight excluding hydrogens is 355 g/mol. The molecule has 1 aromatic heterocycles. The van der Waals surface area contributed by atoms with Gasteiger partial charge in [-0.2, -0.15) is 13.1 Å². The molecule has 3 rings (SSSR count). The van der Waals surface area contributed by atoms with E-state index in [9.17, 15) is 21.6 Å². The summed E-state index contributed by atoms with van der Waals surface area (Å²) in [6, 6.07) is 10.6. The highest BCUT2D eigenvalue weighted by Crippen LogP contribution is 2.25. The molecule has 132 valence electrons. The summed E-state index contributed by atoms with van der Waals surface area (Å²) in [7, 11) is -2.71. The summed E-state index contributed by atoms with van der Waals surface area (Å²) in [5.41, 5.74) is 0.575. The maximum absolute atomic E-state index is 13.4. The van der Waals surface area contributed by atoms with Crippen LogP contribution in [0.5, 0.6) is 0 Å². The number of para-hydroxylation sites is 2. The van der Waals surface area contributed by atoms with Crippen LogP contribution >= 0.6 is 0 Å². The van der Waals surface area contributed by atoms with Gasteiger partial charge in [0.15, 0.2) is 0 Å². The van der Waals surface area contributed by atoms with E-state index >= 15 is 0 Å². The van der Waals surface area contributed by atoms with Crippen molar-refractivity contribution in [3.05, 3.63) is 60.2 Å². The summed E-state index contributed by atoms with van der Waals surface area (Å²) >= 11 is 0. The molecule has 0 fully saturated rings. The van der Waals surface area contributed by atoms with Crippen molar-refractivity contribution in [3.8, 4) is 0 Å². The molecule has 0 aliphatic heterocycles. The Morgan fingerprint density at radius 2 is 1.76 bits per heavy atom. The van der Waals surface area contributed by atoms with Gasteiger partial charge in [-0.3, -0.25) is 4.57 Å². The topological polar surface area (TPSA) is 55.2 Å². The Labute approximate surface area is 142 Å². The highest BCUT2D eigenvalue weighted by atomic mass is 32.2. The number of hydrogen-bond acceptors (Lipinski definition) is 3. The molecular formula is C16H14F3N3O2S. The molecule has 9 heteroatoms. The second-order valence-electron chi connectivity index (χ2n) is 5.38. The van der Waals surface area contributed by atoms with E-state index in [4.69, 9.17) is 0 Å². The number of fused-ring (bicyclic) bond motifs is 1. The van der Waals surface area contributed by atoms with Crippen molar-refractivity contribution in [1.29, 1.82) is 0 Å². The van der Waals surface area contributed by atoms with Crippen molar-refractivity contribution in [2.24, 2.45) is 0 Å². The van der Waals surface area contributed by atoms with Crippen molar-refractivity contribution >= 4 is 21.1 Å². The molecule has 0 spiro atoms. The zero-order valence-electron chi connectivity index (χ0n) is 13.1. The van der Waals surface area contributed by atoms with E-state index in [1.807, 2.05) is 0 Å². The molecule has 3 aromatic rings. The van der Waals surface area contributed by atoms with Gasteiger partial charge in [0.05, 0.1) is 22.5 Å². The second kappa shape index (κ2) is 6.49. The molecule has 0 aliphatic rings. The van der Waals surface area contributed by atoms with Crippen LogP contribution in [-0.2, 0) is 16.6 Å². The number of imidazole rings is 1. The zero-order chi connectivity index (χ0) is 18.2. The summed E-state index contributed by atoms with van der Waals surface area (Å²) in [4.78, 5) is 3.98. The number of benzene rings is 2. The smallest absolute Gasteiger partial charge is 0.269 e. The van der Waals surface area contributed by atoms with Crippen LogP contribution in [0.15, 0.2) is 53.4 Å². The lowest BCUT2D eigenvalue weighted by molar-refractivity contribution is 0.0703. The number of halogens is 3. The predicted octanol–water partition coefficient (Wildman–Crippen LogP) is 3.39. The van der Waals surface area contributed by atoms with Crippen molar-refractivity contribution in [2.75, 3.05) is 7.05 Å².